The van der Waals surface area contributed by atoms with Gasteiger partial charge in [-0.05, 0) is 12.1 Å². The van der Waals surface area contributed by atoms with Crippen LogP contribution in [0.5, 0.6) is 0 Å². The largest absolute Gasteiger partial charge is 0.466 e. The molecule has 0 saturated carbocycles. The molecule has 1 aromatic heterocycles. The highest BCUT2D eigenvalue weighted by Gasteiger charge is 2.00. The lowest BCUT2D eigenvalue weighted by atomic mass is 10.2. The Morgan fingerprint density at radius 2 is 1.53 bits per heavy atom. The number of ether oxygens (including phenoxy) is 1. The number of benzene rings is 2. The average Bonchev–Trinajstić information content (AvgIpc) is 2.85. The Labute approximate surface area is 111 Å². The molecule has 3 nitrogen and oxygen atoms in total. The van der Waals surface area contributed by atoms with Gasteiger partial charge in [0.1, 0.15) is 0 Å². The highest BCUT2D eigenvalue weighted by molar-refractivity contribution is 6.06. The van der Waals surface area contributed by atoms with Crippen molar-refractivity contribution in [2.75, 3.05) is 7.11 Å². The van der Waals surface area contributed by atoms with Gasteiger partial charge in [-0.3, -0.25) is 0 Å². The minimum atomic E-state index is -0.394. The number of aromatic amines is 1. The van der Waals surface area contributed by atoms with Crippen molar-refractivity contribution in [1.29, 1.82) is 0 Å². The number of fused-ring (bicyclic) bond motifs is 3. The van der Waals surface area contributed by atoms with Gasteiger partial charge in [-0.25, -0.2) is 4.79 Å². The fourth-order valence-corrected chi connectivity index (χ4v) is 1.88. The van der Waals surface area contributed by atoms with Gasteiger partial charge in [-0.2, -0.15) is 0 Å². The summed E-state index contributed by atoms with van der Waals surface area (Å²) >= 11 is 0. The van der Waals surface area contributed by atoms with Crippen LogP contribution in [0.3, 0.4) is 0 Å². The smallest absolute Gasteiger partial charge is 0.329 e. The van der Waals surface area contributed by atoms with Crippen LogP contribution in [0.15, 0.2) is 61.2 Å². The standard InChI is InChI=1S/C12H9N.C4H6O2/c1-3-7-11-9(5-1)10-6-2-4-8-12(10)13-11;1-3-4(5)6-2/h1-8,13H;3H,1H2,2H3. The normalized spacial score (nSPS) is 9.74. The molecule has 2 aromatic carbocycles. The van der Waals surface area contributed by atoms with Gasteiger partial charge in [0, 0.05) is 27.9 Å². The molecule has 96 valence electrons. The van der Waals surface area contributed by atoms with Crippen LogP contribution < -0.4 is 0 Å². The van der Waals surface area contributed by atoms with Crippen LogP contribution in [0.4, 0.5) is 0 Å². The molecule has 3 heteroatoms. The summed E-state index contributed by atoms with van der Waals surface area (Å²) in [6.45, 7) is 3.16. The van der Waals surface area contributed by atoms with E-state index < -0.39 is 5.97 Å². The van der Waals surface area contributed by atoms with Crippen LogP contribution in [0, 0.1) is 0 Å². The Balaban J connectivity index is 0.000000192. The number of H-pyrrole nitrogens is 1. The van der Waals surface area contributed by atoms with E-state index >= 15 is 0 Å². The lowest BCUT2D eigenvalue weighted by molar-refractivity contribution is -0.134. The Hall–Kier alpha value is -2.55. The van der Waals surface area contributed by atoms with Crippen molar-refractivity contribution in [3.05, 3.63) is 61.2 Å². The van der Waals surface area contributed by atoms with Gasteiger partial charge in [0.05, 0.1) is 7.11 Å². The summed E-state index contributed by atoms with van der Waals surface area (Å²) in [5.74, 6) is -0.394. The lowest BCUT2D eigenvalue weighted by Crippen LogP contribution is -1.91. The molecule has 0 amide bonds. The predicted molar refractivity (Wildman–Crippen MR) is 78.0 cm³/mol. The van der Waals surface area contributed by atoms with Crippen LogP contribution in [0.1, 0.15) is 0 Å². The van der Waals surface area contributed by atoms with Crippen molar-refractivity contribution in [3.63, 3.8) is 0 Å². The van der Waals surface area contributed by atoms with Crippen LogP contribution in [0.25, 0.3) is 21.8 Å². The Morgan fingerprint density at radius 1 is 1.05 bits per heavy atom. The summed E-state index contributed by atoms with van der Waals surface area (Å²) in [7, 11) is 1.31. The third-order valence-electron chi connectivity index (χ3n) is 2.78. The van der Waals surface area contributed by atoms with Gasteiger partial charge in [0.2, 0.25) is 0 Å². The number of nitrogens with one attached hydrogen (secondary N) is 1. The number of methoxy groups -OCH3 is 1. The molecular weight excluding hydrogens is 238 g/mol. The molecule has 0 spiro atoms. The number of rotatable bonds is 1. The summed E-state index contributed by atoms with van der Waals surface area (Å²) < 4.78 is 4.14. The van der Waals surface area contributed by atoms with Crippen molar-refractivity contribution < 1.29 is 9.53 Å². The topological polar surface area (TPSA) is 42.1 Å². The van der Waals surface area contributed by atoms with Gasteiger partial charge < -0.3 is 9.72 Å². The molecule has 0 atom stereocenters. The number of carbonyl (C=O) groups is 1. The number of para-hydroxylation sites is 2. The molecule has 0 radical (unpaired) electrons. The Bertz CT molecular complexity index is 662. The van der Waals surface area contributed by atoms with Gasteiger partial charge in [-0.15, -0.1) is 0 Å². The molecule has 19 heavy (non-hydrogen) atoms. The van der Waals surface area contributed by atoms with E-state index in [9.17, 15) is 4.79 Å². The fourth-order valence-electron chi connectivity index (χ4n) is 1.88. The van der Waals surface area contributed by atoms with Gasteiger partial charge >= 0.3 is 5.97 Å². The molecule has 3 aromatic rings. The molecule has 0 aliphatic heterocycles. The van der Waals surface area contributed by atoms with E-state index in [1.165, 1.54) is 28.9 Å². The minimum absolute atomic E-state index is 0.394. The molecule has 1 N–H and O–H groups in total. The number of carbonyl (C=O) groups excluding carboxylic acids is 1. The summed E-state index contributed by atoms with van der Waals surface area (Å²) in [6.07, 6.45) is 1.11. The van der Waals surface area contributed by atoms with Crippen molar-refractivity contribution in [3.8, 4) is 0 Å². The molecule has 0 saturated heterocycles. The van der Waals surface area contributed by atoms with E-state index in [1.54, 1.807) is 0 Å². The van der Waals surface area contributed by atoms with E-state index in [0.717, 1.165) is 6.08 Å². The predicted octanol–water partition coefficient (Wildman–Crippen LogP) is 3.67. The van der Waals surface area contributed by atoms with Crippen LogP contribution in [-0.2, 0) is 9.53 Å². The molecule has 0 unspecified atom stereocenters. The summed E-state index contributed by atoms with van der Waals surface area (Å²) in [5.41, 5.74) is 2.42. The Morgan fingerprint density at radius 3 is 1.89 bits per heavy atom. The van der Waals surface area contributed by atoms with E-state index in [2.05, 4.69) is 64.8 Å². The highest BCUT2D eigenvalue weighted by Crippen LogP contribution is 2.24. The molecule has 0 aliphatic carbocycles. The molecule has 1 heterocycles. The van der Waals surface area contributed by atoms with Crippen LogP contribution in [0.2, 0.25) is 0 Å². The second-order valence-electron chi connectivity index (χ2n) is 3.94. The van der Waals surface area contributed by atoms with Crippen LogP contribution in [-0.4, -0.2) is 18.1 Å². The maximum absolute atomic E-state index is 9.84. The summed E-state index contributed by atoms with van der Waals surface area (Å²) in [6, 6.07) is 16.8. The van der Waals surface area contributed by atoms with E-state index in [-0.39, 0.29) is 0 Å². The molecular formula is C16H15NO2. The van der Waals surface area contributed by atoms with Crippen LogP contribution >= 0.6 is 0 Å². The number of esters is 1. The lowest BCUT2D eigenvalue weighted by Gasteiger charge is -1.87. The van der Waals surface area contributed by atoms with Crippen molar-refractivity contribution in [1.82, 2.24) is 4.98 Å². The van der Waals surface area contributed by atoms with Gasteiger partial charge in [-0.1, -0.05) is 43.0 Å². The zero-order valence-electron chi connectivity index (χ0n) is 10.7. The van der Waals surface area contributed by atoms with Crippen molar-refractivity contribution in [2.45, 2.75) is 0 Å². The maximum Gasteiger partial charge on any atom is 0.329 e. The third-order valence-corrected chi connectivity index (χ3v) is 2.78. The maximum atomic E-state index is 9.84. The average molecular weight is 253 g/mol. The molecule has 0 aliphatic rings. The minimum Gasteiger partial charge on any atom is -0.466 e. The molecule has 0 fully saturated rings. The van der Waals surface area contributed by atoms with Gasteiger partial charge in [0.15, 0.2) is 0 Å². The molecule has 0 bridgehead atoms. The zero-order chi connectivity index (χ0) is 13.7. The number of hydrogen-bond acceptors (Lipinski definition) is 2. The quantitative estimate of drug-likeness (QED) is 0.531. The highest BCUT2D eigenvalue weighted by atomic mass is 16.5. The third kappa shape index (κ3) is 2.83. The Kier molecular flexibility index (Phi) is 3.98. The fraction of sp³-hybridized carbons (Fsp3) is 0.0625. The SMILES string of the molecule is C=CC(=O)OC.c1ccc2c(c1)[nH]c1ccccc12. The van der Waals surface area contributed by atoms with Crippen molar-refractivity contribution in [2.24, 2.45) is 0 Å². The van der Waals surface area contributed by atoms with E-state index in [0.29, 0.717) is 0 Å². The monoisotopic (exact) mass is 253 g/mol. The summed E-state index contributed by atoms with van der Waals surface area (Å²) in [5, 5.41) is 2.61. The van der Waals surface area contributed by atoms with Gasteiger partial charge in [0.25, 0.3) is 0 Å². The first kappa shape index (κ1) is 12.9. The first-order valence-electron chi connectivity index (χ1n) is 5.92. The zero-order valence-corrected chi connectivity index (χ0v) is 10.7. The summed E-state index contributed by atoms with van der Waals surface area (Å²) in [4.78, 5) is 13.2. The number of hydrogen-bond donors (Lipinski definition) is 1. The first-order chi connectivity index (χ1) is 9.26. The number of aromatic nitrogens is 1. The second kappa shape index (κ2) is 5.87. The van der Waals surface area contributed by atoms with E-state index in [1.807, 2.05) is 0 Å². The second-order valence-corrected chi connectivity index (χ2v) is 3.94. The molecule has 3 rings (SSSR count). The first-order valence-corrected chi connectivity index (χ1v) is 5.92. The van der Waals surface area contributed by atoms with E-state index in [4.69, 9.17) is 0 Å². The van der Waals surface area contributed by atoms with Crippen molar-refractivity contribution >= 4 is 27.8 Å².